The first-order valence-corrected chi connectivity index (χ1v) is 6.25. The Bertz CT molecular complexity index is 629. The van der Waals surface area contributed by atoms with Crippen molar-refractivity contribution in [1.82, 2.24) is 5.32 Å². The van der Waals surface area contributed by atoms with Gasteiger partial charge in [0.2, 0.25) is 0 Å². The normalized spacial score (nSPS) is 19.8. The van der Waals surface area contributed by atoms with Gasteiger partial charge in [-0.2, -0.15) is 26.3 Å². The third-order valence-electron chi connectivity index (χ3n) is 3.45. The van der Waals surface area contributed by atoms with Crippen LogP contribution < -0.4 is 5.32 Å². The number of ketones is 1. The minimum Gasteiger partial charge on any atom is -0.391 e. The monoisotopic (exact) mass is 323 g/mol. The van der Waals surface area contributed by atoms with Crippen LogP contribution in [0.2, 0.25) is 0 Å². The molecule has 1 aliphatic rings. The van der Waals surface area contributed by atoms with Crippen LogP contribution in [0.3, 0.4) is 0 Å². The van der Waals surface area contributed by atoms with Crippen molar-refractivity contribution in [1.29, 1.82) is 0 Å². The minimum absolute atomic E-state index is 0.00773. The second-order valence-corrected chi connectivity index (χ2v) is 4.84. The van der Waals surface area contributed by atoms with Crippen LogP contribution in [0.4, 0.5) is 26.3 Å². The number of hydrogen-bond acceptors (Lipinski definition) is 2. The van der Waals surface area contributed by atoms with Crippen LogP contribution in [-0.4, -0.2) is 19.0 Å². The van der Waals surface area contributed by atoms with Gasteiger partial charge in [-0.1, -0.05) is 12.1 Å². The molecule has 0 fully saturated rings. The molecule has 120 valence electrons. The molecule has 0 aliphatic heterocycles. The van der Waals surface area contributed by atoms with Crippen molar-refractivity contribution in [2.75, 3.05) is 7.05 Å². The molecule has 0 amide bonds. The Kier molecular flexibility index (Phi) is 3.97. The molecule has 1 aromatic rings. The average molecular weight is 323 g/mol. The molecule has 1 N–H and O–H groups in total. The number of carbonyl (C=O) groups excluding carboxylic acids is 1. The van der Waals surface area contributed by atoms with Crippen LogP contribution >= 0.6 is 0 Å². The lowest BCUT2D eigenvalue weighted by Crippen LogP contribution is -2.27. The maximum atomic E-state index is 12.8. The number of nitrogens with one attached hydrogen (secondary N) is 1. The molecule has 1 aromatic carbocycles. The third kappa shape index (κ3) is 2.95. The molecule has 0 aromatic heterocycles. The van der Waals surface area contributed by atoms with E-state index in [4.69, 9.17) is 0 Å². The first-order chi connectivity index (χ1) is 10.1. The maximum absolute atomic E-state index is 12.8. The summed E-state index contributed by atoms with van der Waals surface area (Å²) in [5.74, 6) is -3.43. The summed E-state index contributed by atoms with van der Waals surface area (Å²) in [6, 6.07) is 3.73. The summed E-state index contributed by atoms with van der Waals surface area (Å²) in [7, 11) is 1.33. The number of benzene rings is 1. The summed E-state index contributed by atoms with van der Waals surface area (Å²) in [5.41, 5.74) is -1.53. The Hall–Kier alpha value is -1.99. The van der Waals surface area contributed by atoms with Crippen molar-refractivity contribution < 1.29 is 31.1 Å². The zero-order chi connectivity index (χ0) is 16.7. The second-order valence-electron chi connectivity index (χ2n) is 4.84. The van der Waals surface area contributed by atoms with Crippen LogP contribution in [0.25, 0.3) is 5.57 Å². The van der Waals surface area contributed by atoms with E-state index in [0.717, 1.165) is 12.1 Å². The van der Waals surface area contributed by atoms with Crippen LogP contribution in [0.5, 0.6) is 0 Å². The van der Waals surface area contributed by atoms with Gasteiger partial charge in [0, 0.05) is 24.7 Å². The topological polar surface area (TPSA) is 29.1 Å². The van der Waals surface area contributed by atoms with E-state index in [0.29, 0.717) is 6.07 Å². The van der Waals surface area contributed by atoms with Gasteiger partial charge in [0.1, 0.15) is 5.92 Å². The van der Waals surface area contributed by atoms with E-state index in [2.05, 4.69) is 5.32 Å². The Balaban J connectivity index is 2.49. The first-order valence-electron chi connectivity index (χ1n) is 6.25. The van der Waals surface area contributed by atoms with Gasteiger partial charge < -0.3 is 5.32 Å². The highest BCUT2D eigenvalue weighted by molar-refractivity contribution is 6.25. The fourth-order valence-electron chi connectivity index (χ4n) is 2.38. The van der Waals surface area contributed by atoms with E-state index in [1.165, 1.54) is 13.1 Å². The van der Waals surface area contributed by atoms with Gasteiger partial charge in [-0.25, -0.2) is 0 Å². The van der Waals surface area contributed by atoms with Crippen LogP contribution in [-0.2, 0) is 11.0 Å². The van der Waals surface area contributed by atoms with E-state index in [1.54, 1.807) is 0 Å². The summed E-state index contributed by atoms with van der Waals surface area (Å²) in [6.45, 7) is 0. The molecule has 2 nitrogen and oxygen atoms in total. The Morgan fingerprint density at radius 1 is 1.14 bits per heavy atom. The third-order valence-corrected chi connectivity index (χ3v) is 3.45. The number of carbonyl (C=O) groups is 1. The number of rotatable bonds is 2. The highest BCUT2D eigenvalue weighted by atomic mass is 19.4. The van der Waals surface area contributed by atoms with E-state index in [-0.39, 0.29) is 16.8 Å². The molecular formula is C14H11F6NO. The molecule has 2 rings (SSSR count). The Labute approximate surface area is 121 Å². The predicted octanol–water partition coefficient (Wildman–Crippen LogP) is 3.79. The fraction of sp³-hybridized carbons (Fsp3) is 0.357. The Morgan fingerprint density at radius 3 is 2.27 bits per heavy atom. The van der Waals surface area contributed by atoms with Crippen molar-refractivity contribution in [3.63, 3.8) is 0 Å². The fourth-order valence-corrected chi connectivity index (χ4v) is 2.38. The standard InChI is InChI=1S/C14H11F6NO/c1-21-10-6-9(14(18,19)20)12(22)11(10)7-3-2-4-8(5-7)13(15,16)17/h2-5,9,21H,6H2,1H3. The van der Waals surface area contributed by atoms with Crippen LogP contribution in [0.15, 0.2) is 30.0 Å². The van der Waals surface area contributed by atoms with Crippen molar-refractivity contribution in [2.45, 2.75) is 18.8 Å². The largest absolute Gasteiger partial charge is 0.416 e. The van der Waals surface area contributed by atoms with Gasteiger partial charge in [0.25, 0.3) is 0 Å². The van der Waals surface area contributed by atoms with Crippen LogP contribution in [0.1, 0.15) is 17.5 Å². The van der Waals surface area contributed by atoms with Crippen molar-refractivity contribution in [3.05, 3.63) is 41.1 Å². The summed E-state index contributed by atoms with van der Waals surface area (Å²) in [5, 5.41) is 2.48. The molecule has 0 saturated carbocycles. The highest BCUT2D eigenvalue weighted by Gasteiger charge is 2.50. The smallest absolute Gasteiger partial charge is 0.391 e. The molecule has 8 heteroatoms. The van der Waals surface area contributed by atoms with Gasteiger partial charge in [-0.05, 0) is 17.7 Å². The summed E-state index contributed by atoms with van der Waals surface area (Å²) < 4.78 is 76.6. The number of hydrogen-bond donors (Lipinski definition) is 1. The van der Waals surface area contributed by atoms with Crippen molar-refractivity contribution >= 4 is 11.4 Å². The zero-order valence-corrected chi connectivity index (χ0v) is 11.3. The molecule has 0 saturated heterocycles. The molecule has 1 aliphatic carbocycles. The molecule has 0 spiro atoms. The Morgan fingerprint density at radius 2 is 1.77 bits per heavy atom. The van der Waals surface area contributed by atoms with Gasteiger partial charge in [0.15, 0.2) is 5.78 Å². The maximum Gasteiger partial charge on any atom is 0.416 e. The summed E-state index contributed by atoms with van der Waals surface area (Å²) in [6.07, 6.45) is -9.96. The quantitative estimate of drug-likeness (QED) is 0.839. The lowest BCUT2D eigenvalue weighted by molar-refractivity contribution is -0.176. The molecule has 1 unspecified atom stereocenters. The predicted molar refractivity (Wildman–Crippen MR) is 66.6 cm³/mol. The van der Waals surface area contributed by atoms with E-state index in [1.807, 2.05) is 0 Å². The van der Waals surface area contributed by atoms with Gasteiger partial charge in [-0.15, -0.1) is 0 Å². The summed E-state index contributed by atoms with van der Waals surface area (Å²) >= 11 is 0. The number of alkyl halides is 6. The van der Waals surface area contributed by atoms with Gasteiger partial charge in [0.05, 0.1) is 5.56 Å². The molecule has 1 atom stereocenters. The van der Waals surface area contributed by atoms with Gasteiger partial charge >= 0.3 is 12.4 Å². The molecule has 0 bridgehead atoms. The lowest BCUT2D eigenvalue weighted by atomic mass is 9.97. The highest BCUT2D eigenvalue weighted by Crippen LogP contribution is 2.42. The molecule has 0 radical (unpaired) electrons. The van der Waals surface area contributed by atoms with E-state index in [9.17, 15) is 31.1 Å². The van der Waals surface area contributed by atoms with Crippen molar-refractivity contribution in [2.24, 2.45) is 5.92 Å². The number of halogens is 6. The number of Topliss-reactive ketones (excluding diaryl/α,β-unsaturated/α-hetero) is 1. The number of allylic oxidation sites excluding steroid dienone is 2. The second kappa shape index (κ2) is 5.33. The average Bonchev–Trinajstić information content (AvgIpc) is 2.74. The SMILES string of the molecule is CNC1=C(c2cccc(C(F)(F)F)c2)C(=O)C(C(F)(F)F)C1. The lowest BCUT2D eigenvalue weighted by Gasteiger charge is -2.13. The first kappa shape index (κ1) is 16.4. The van der Waals surface area contributed by atoms with E-state index < -0.39 is 36.0 Å². The van der Waals surface area contributed by atoms with E-state index >= 15 is 0 Å². The van der Waals surface area contributed by atoms with Crippen LogP contribution in [0, 0.1) is 5.92 Å². The molecule has 22 heavy (non-hydrogen) atoms. The van der Waals surface area contributed by atoms with Crippen molar-refractivity contribution in [3.8, 4) is 0 Å². The molecule has 0 heterocycles. The zero-order valence-electron chi connectivity index (χ0n) is 11.3. The molecular weight excluding hydrogens is 312 g/mol. The van der Waals surface area contributed by atoms with Gasteiger partial charge in [-0.3, -0.25) is 4.79 Å². The minimum atomic E-state index is -4.73. The summed E-state index contributed by atoms with van der Waals surface area (Å²) in [4.78, 5) is 12.0.